The Morgan fingerprint density at radius 3 is 3.00 bits per heavy atom. The molecule has 4 nitrogen and oxygen atoms in total. The second-order valence-corrected chi connectivity index (χ2v) is 4.88. The Balaban J connectivity index is 2.22. The number of hydrogen-bond donors (Lipinski definition) is 1. The van der Waals surface area contributed by atoms with Crippen molar-refractivity contribution in [3.05, 3.63) is 16.3 Å². The summed E-state index contributed by atoms with van der Waals surface area (Å²) in [7, 11) is 0. The molecule has 1 aromatic heterocycles. The van der Waals surface area contributed by atoms with Crippen molar-refractivity contribution >= 4 is 29.2 Å². The van der Waals surface area contributed by atoms with Gasteiger partial charge < -0.3 is 10.6 Å². The van der Waals surface area contributed by atoms with Gasteiger partial charge in [-0.2, -0.15) is 0 Å². The Kier molecular flexibility index (Phi) is 3.24. The van der Waals surface area contributed by atoms with Crippen LogP contribution in [0.5, 0.6) is 0 Å². The number of carbonyl (C=O) groups excluding carboxylic acids is 2. The number of thiophene rings is 1. The molecule has 1 atom stereocenters. The van der Waals surface area contributed by atoms with Gasteiger partial charge in [-0.1, -0.05) is 0 Å². The normalized spacial score (nSPS) is 20.8. The van der Waals surface area contributed by atoms with E-state index in [4.69, 9.17) is 5.73 Å². The zero-order valence-electron chi connectivity index (χ0n) is 8.89. The molecule has 0 bridgehead atoms. The average Bonchev–Trinajstić information content (AvgIpc) is 2.77. The van der Waals surface area contributed by atoms with Crippen molar-refractivity contribution in [3.8, 4) is 0 Å². The van der Waals surface area contributed by atoms with Gasteiger partial charge in [0.1, 0.15) is 6.04 Å². The van der Waals surface area contributed by atoms with E-state index in [1.165, 1.54) is 11.3 Å². The highest BCUT2D eigenvalue weighted by molar-refractivity contribution is 7.12. The zero-order valence-corrected chi connectivity index (χ0v) is 9.70. The van der Waals surface area contributed by atoms with Crippen molar-refractivity contribution in [1.29, 1.82) is 0 Å². The van der Waals surface area contributed by atoms with Gasteiger partial charge in [0.05, 0.1) is 4.88 Å². The Hall–Kier alpha value is -1.36. The lowest BCUT2D eigenvalue weighted by atomic mass is 10.0. The molecule has 1 aliphatic heterocycles. The lowest BCUT2D eigenvalue weighted by Gasteiger charge is -2.34. The summed E-state index contributed by atoms with van der Waals surface area (Å²) in [6.07, 6.45) is 3.74. The maximum Gasteiger partial charge on any atom is 0.240 e. The van der Waals surface area contributed by atoms with Crippen LogP contribution in [0.15, 0.2) is 11.4 Å². The number of primary amides is 1. The lowest BCUT2D eigenvalue weighted by Crippen LogP contribution is -2.47. The molecule has 0 saturated carbocycles. The highest BCUT2D eigenvalue weighted by atomic mass is 32.1. The Morgan fingerprint density at radius 2 is 2.38 bits per heavy atom. The molecule has 1 saturated heterocycles. The van der Waals surface area contributed by atoms with Gasteiger partial charge in [0, 0.05) is 17.6 Å². The fourth-order valence-corrected chi connectivity index (χ4v) is 2.80. The van der Waals surface area contributed by atoms with E-state index in [0.717, 1.165) is 37.8 Å². The number of hydrogen-bond acceptors (Lipinski definition) is 4. The molecule has 0 radical (unpaired) electrons. The Labute approximate surface area is 98.0 Å². The number of aldehydes is 1. The molecule has 0 aromatic carbocycles. The minimum atomic E-state index is -0.279. The van der Waals surface area contributed by atoms with E-state index in [-0.39, 0.29) is 11.9 Å². The molecule has 86 valence electrons. The van der Waals surface area contributed by atoms with Crippen molar-refractivity contribution in [3.63, 3.8) is 0 Å². The highest BCUT2D eigenvalue weighted by Crippen LogP contribution is 2.28. The van der Waals surface area contributed by atoms with E-state index in [1.807, 2.05) is 16.3 Å². The van der Waals surface area contributed by atoms with Crippen molar-refractivity contribution in [2.75, 3.05) is 11.4 Å². The SMILES string of the molecule is NC(=O)C1CCCCN1c1csc(C=O)c1. The van der Waals surface area contributed by atoms with Crippen LogP contribution >= 0.6 is 11.3 Å². The largest absolute Gasteiger partial charge is 0.368 e. The third-order valence-electron chi connectivity index (χ3n) is 2.88. The van der Waals surface area contributed by atoms with Crippen LogP contribution in [0.1, 0.15) is 28.9 Å². The number of piperidine rings is 1. The number of amides is 1. The maximum atomic E-state index is 11.3. The number of anilines is 1. The predicted octanol–water partition coefficient (Wildman–Crippen LogP) is 1.40. The molecule has 2 N–H and O–H groups in total. The first-order valence-corrected chi connectivity index (χ1v) is 6.20. The van der Waals surface area contributed by atoms with Crippen molar-refractivity contribution < 1.29 is 9.59 Å². The molecule has 16 heavy (non-hydrogen) atoms. The van der Waals surface area contributed by atoms with E-state index in [2.05, 4.69) is 0 Å². The number of rotatable bonds is 3. The van der Waals surface area contributed by atoms with Crippen LogP contribution in [0.2, 0.25) is 0 Å². The molecule has 1 amide bonds. The molecule has 2 rings (SSSR count). The fourth-order valence-electron chi connectivity index (χ4n) is 2.09. The van der Waals surface area contributed by atoms with Gasteiger partial charge in [-0.15, -0.1) is 11.3 Å². The van der Waals surface area contributed by atoms with Crippen LogP contribution < -0.4 is 10.6 Å². The summed E-state index contributed by atoms with van der Waals surface area (Å²) in [4.78, 5) is 24.6. The predicted molar refractivity (Wildman–Crippen MR) is 63.9 cm³/mol. The molecule has 0 spiro atoms. The molecule has 5 heteroatoms. The minimum Gasteiger partial charge on any atom is -0.368 e. The van der Waals surface area contributed by atoms with Crippen molar-refractivity contribution in [1.82, 2.24) is 0 Å². The van der Waals surface area contributed by atoms with E-state index >= 15 is 0 Å². The van der Waals surface area contributed by atoms with Crippen LogP contribution in [0.3, 0.4) is 0 Å². The summed E-state index contributed by atoms with van der Waals surface area (Å²) in [6, 6.07) is 1.60. The van der Waals surface area contributed by atoms with Crippen LogP contribution in [0.4, 0.5) is 5.69 Å². The van der Waals surface area contributed by atoms with Gasteiger partial charge in [0.15, 0.2) is 6.29 Å². The second kappa shape index (κ2) is 4.65. The quantitative estimate of drug-likeness (QED) is 0.810. The molecule has 1 unspecified atom stereocenters. The van der Waals surface area contributed by atoms with E-state index < -0.39 is 0 Å². The molecular formula is C11H14N2O2S. The van der Waals surface area contributed by atoms with Gasteiger partial charge in [0.2, 0.25) is 5.91 Å². The number of nitrogens with zero attached hydrogens (tertiary/aromatic N) is 1. The summed E-state index contributed by atoms with van der Waals surface area (Å²) in [5, 5.41) is 1.91. The molecule has 1 aliphatic rings. The molecule has 2 heterocycles. The van der Waals surface area contributed by atoms with E-state index in [9.17, 15) is 9.59 Å². The van der Waals surface area contributed by atoms with Gasteiger partial charge >= 0.3 is 0 Å². The van der Waals surface area contributed by atoms with Crippen LogP contribution in [0.25, 0.3) is 0 Å². The third-order valence-corrected chi connectivity index (χ3v) is 3.73. The standard InChI is InChI=1S/C11H14N2O2S/c12-11(15)10-3-1-2-4-13(10)8-5-9(6-14)16-7-8/h5-7,10H,1-4H2,(H2,12,15). The highest BCUT2D eigenvalue weighted by Gasteiger charge is 2.27. The monoisotopic (exact) mass is 238 g/mol. The van der Waals surface area contributed by atoms with Crippen LogP contribution in [-0.4, -0.2) is 24.8 Å². The number of carbonyl (C=O) groups is 2. The first-order valence-electron chi connectivity index (χ1n) is 5.32. The lowest BCUT2D eigenvalue weighted by molar-refractivity contribution is -0.119. The van der Waals surface area contributed by atoms with E-state index in [0.29, 0.717) is 4.88 Å². The molecule has 1 aromatic rings. The van der Waals surface area contributed by atoms with Gasteiger partial charge in [-0.05, 0) is 25.3 Å². The topological polar surface area (TPSA) is 63.4 Å². The van der Waals surface area contributed by atoms with Crippen molar-refractivity contribution in [2.45, 2.75) is 25.3 Å². The summed E-state index contributed by atoms with van der Waals surface area (Å²) in [5.41, 5.74) is 6.33. The maximum absolute atomic E-state index is 11.3. The molecule has 0 aliphatic carbocycles. The van der Waals surface area contributed by atoms with Gasteiger partial charge in [0.25, 0.3) is 0 Å². The smallest absolute Gasteiger partial charge is 0.240 e. The first-order chi connectivity index (χ1) is 7.72. The summed E-state index contributed by atoms with van der Waals surface area (Å²) in [5.74, 6) is -0.279. The fraction of sp³-hybridized carbons (Fsp3) is 0.455. The molecular weight excluding hydrogens is 224 g/mol. The van der Waals surface area contributed by atoms with Crippen LogP contribution in [0, 0.1) is 0 Å². The summed E-state index contributed by atoms with van der Waals surface area (Å²) >= 11 is 1.40. The second-order valence-electron chi connectivity index (χ2n) is 3.93. The molecule has 1 fully saturated rings. The minimum absolute atomic E-state index is 0.220. The first kappa shape index (κ1) is 11.1. The van der Waals surface area contributed by atoms with Crippen molar-refractivity contribution in [2.24, 2.45) is 5.73 Å². The van der Waals surface area contributed by atoms with Gasteiger partial charge in [-0.25, -0.2) is 0 Å². The van der Waals surface area contributed by atoms with E-state index in [1.54, 1.807) is 0 Å². The third kappa shape index (κ3) is 2.09. The van der Waals surface area contributed by atoms with Crippen LogP contribution in [-0.2, 0) is 4.79 Å². The summed E-state index contributed by atoms with van der Waals surface area (Å²) < 4.78 is 0. The zero-order chi connectivity index (χ0) is 11.5. The summed E-state index contributed by atoms with van der Waals surface area (Å²) in [6.45, 7) is 0.836. The Bertz CT molecular complexity index is 402. The Morgan fingerprint density at radius 1 is 1.56 bits per heavy atom. The number of nitrogens with two attached hydrogens (primary N) is 1. The van der Waals surface area contributed by atoms with Gasteiger partial charge in [-0.3, -0.25) is 9.59 Å². The average molecular weight is 238 g/mol.